The third kappa shape index (κ3) is 2.02. The molecule has 0 bridgehead atoms. The van der Waals surface area contributed by atoms with Crippen LogP contribution in [0, 0.1) is 0 Å². The van der Waals surface area contributed by atoms with Crippen LogP contribution < -0.4 is 0 Å². The first kappa shape index (κ1) is 11.7. The zero-order chi connectivity index (χ0) is 12.6. The standard InChI is InChI=1S/C12H17N3O3/c1-14-6-3-10(13-14)11(16)15-5-2-4-12(9-15)17-7-8-18-12/h3,6H,2,4-5,7-9H2,1H3. The van der Waals surface area contributed by atoms with Gasteiger partial charge < -0.3 is 14.4 Å². The highest BCUT2D eigenvalue weighted by Crippen LogP contribution is 2.30. The van der Waals surface area contributed by atoms with E-state index < -0.39 is 5.79 Å². The Balaban J connectivity index is 1.74. The summed E-state index contributed by atoms with van der Waals surface area (Å²) >= 11 is 0. The maximum Gasteiger partial charge on any atom is 0.274 e. The molecule has 1 aromatic rings. The van der Waals surface area contributed by atoms with Crippen LogP contribution in [0.4, 0.5) is 0 Å². The van der Waals surface area contributed by atoms with Gasteiger partial charge in [-0.1, -0.05) is 0 Å². The fourth-order valence-electron chi connectivity index (χ4n) is 2.59. The van der Waals surface area contributed by atoms with Gasteiger partial charge in [0.25, 0.3) is 5.91 Å². The zero-order valence-corrected chi connectivity index (χ0v) is 10.5. The molecule has 2 aliphatic rings. The van der Waals surface area contributed by atoms with E-state index in [-0.39, 0.29) is 5.91 Å². The first-order valence-corrected chi connectivity index (χ1v) is 6.25. The molecule has 0 aromatic carbocycles. The summed E-state index contributed by atoms with van der Waals surface area (Å²) < 4.78 is 13.0. The molecule has 18 heavy (non-hydrogen) atoms. The lowest BCUT2D eigenvalue weighted by Crippen LogP contribution is -2.51. The number of amides is 1. The van der Waals surface area contributed by atoms with Gasteiger partial charge >= 0.3 is 0 Å². The van der Waals surface area contributed by atoms with Crippen molar-refractivity contribution in [3.63, 3.8) is 0 Å². The van der Waals surface area contributed by atoms with E-state index in [0.717, 1.165) is 19.4 Å². The van der Waals surface area contributed by atoms with Crippen LogP contribution in [0.3, 0.4) is 0 Å². The van der Waals surface area contributed by atoms with Gasteiger partial charge in [0.15, 0.2) is 5.79 Å². The van der Waals surface area contributed by atoms with E-state index in [2.05, 4.69) is 5.10 Å². The molecule has 98 valence electrons. The molecule has 3 heterocycles. The summed E-state index contributed by atoms with van der Waals surface area (Å²) in [4.78, 5) is 14.1. The highest BCUT2D eigenvalue weighted by Gasteiger charge is 2.42. The van der Waals surface area contributed by atoms with Crippen molar-refractivity contribution >= 4 is 5.91 Å². The minimum atomic E-state index is -0.567. The number of hydrogen-bond acceptors (Lipinski definition) is 4. The number of aryl methyl sites for hydroxylation is 1. The molecular weight excluding hydrogens is 234 g/mol. The molecule has 1 amide bonds. The van der Waals surface area contributed by atoms with Crippen molar-refractivity contribution in [1.82, 2.24) is 14.7 Å². The molecule has 6 nitrogen and oxygen atoms in total. The summed E-state index contributed by atoms with van der Waals surface area (Å²) in [6.45, 7) is 2.48. The summed E-state index contributed by atoms with van der Waals surface area (Å²) in [6.07, 6.45) is 3.53. The lowest BCUT2D eigenvalue weighted by atomic mass is 10.0. The van der Waals surface area contributed by atoms with Crippen LogP contribution in [0.1, 0.15) is 23.3 Å². The van der Waals surface area contributed by atoms with Crippen LogP contribution in [0.5, 0.6) is 0 Å². The predicted octanol–water partition coefficient (Wildman–Crippen LogP) is 0.399. The second-order valence-electron chi connectivity index (χ2n) is 4.81. The molecule has 0 radical (unpaired) electrons. The lowest BCUT2D eigenvalue weighted by molar-refractivity contribution is -0.183. The number of piperidine rings is 1. The maximum absolute atomic E-state index is 12.3. The third-order valence-corrected chi connectivity index (χ3v) is 3.45. The number of carbonyl (C=O) groups is 1. The Bertz CT molecular complexity index is 451. The highest BCUT2D eigenvalue weighted by atomic mass is 16.7. The second kappa shape index (κ2) is 4.37. The van der Waals surface area contributed by atoms with Crippen molar-refractivity contribution in [2.45, 2.75) is 18.6 Å². The number of ether oxygens (including phenoxy) is 2. The number of rotatable bonds is 1. The van der Waals surface area contributed by atoms with E-state index in [4.69, 9.17) is 9.47 Å². The topological polar surface area (TPSA) is 56.6 Å². The van der Waals surface area contributed by atoms with E-state index in [9.17, 15) is 4.79 Å². The number of aromatic nitrogens is 2. The SMILES string of the molecule is Cn1ccc(C(=O)N2CCCC3(C2)OCCO3)n1. The summed E-state index contributed by atoms with van der Waals surface area (Å²) in [7, 11) is 1.80. The Labute approximate surface area is 105 Å². The van der Waals surface area contributed by atoms with Gasteiger partial charge in [0.1, 0.15) is 5.69 Å². The van der Waals surface area contributed by atoms with Gasteiger partial charge in [-0.15, -0.1) is 0 Å². The summed E-state index contributed by atoms with van der Waals surface area (Å²) in [5.41, 5.74) is 0.479. The summed E-state index contributed by atoms with van der Waals surface area (Å²) in [5, 5.41) is 4.14. The Hall–Kier alpha value is -1.40. The van der Waals surface area contributed by atoms with Gasteiger partial charge in [-0.2, -0.15) is 5.10 Å². The van der Waals surface area contributed by atoms with Gasteiger partial charge in [-0.05, 0) is 12.5 Å². The number of hydrogen-bond donors (Lipinski definition) is 0. The molecule has 0 atom stereocenters. The molecule has 1 aromatic heterocycles. The Morgan fingerprint density at radius 2 is 2.22 bits per heavy atom. The smallest absolute Gasteiger partial charge is 0.274 e. The summed E-state index contributed by atoms with van der Waals surface area (Å²) in [6, 6.07) is 1.74. The molecule has 1 spiro atoms. The molecule has 2 saturated heterocycles. The molecule has 3 rings (SSSR count). The highest BCUT2D eigenvalue weighted by molar-refractivity contribution is 5.92. The Morgan fingerprint density at radius 3 is 2.89 bits per heavy atom. The normalized spacial score (nSPS) is 22.6. The second-order valence-corrected chi connectivity index (χ2v) is 4.81. The van der Waals surface area contributed by atoms with E-state index in [0.29, 0.717) is 25.5 Å². The molecule has 2 aliphatic heterocycles. The van der Waals surface area contributed by atoms with Crippen LogP contribution in [-0.4, -0.2) is 52.7 Å². The largest absolute Gasteiger partial charge is 0.346 e. The van der Waals surface area contributed by atoms with Crippen molar-refractivity contribution in [2.24, 2.45) is 7.05 Å². The van der Waals surface area contributed by atoms with Gasteiger partial charge in [-0.3, -0.25) is 9.48 Å². The lowest BCUT2D eigenvalue weighted by Gasteiger charge is -2.38. The fourth-order valence-corrected chi connectivity index (χ4v) is 2.59. The first-order valence-electron chi connectivity index (χ1n) is 6.25. The Morgan fingerprint density at radius 1 is 1.44 bits per heavy atom. The third-order valence-electron chi connectivity index (χ3n) is 3.45. The minimum absolute atomic E-state index is 0.0474. The monoisotopic (exact) mass is 251 g/mol. The van der Waals surface area contributed by atoms with Gasteiger partial charge in [0.05, 0.1) is 19.8 Å². The van der Waals surface area contributed by atoms with Crippen LogP contribution >= 0.6 is 0 Å². The quantitative estimate of drug-likeness (QED) is 0.725. The van der Waals surface area contributed by atoms with Crippen LogP contribution in [0.15, 0.2) is 12.3 Å². The van der Waals surface area contributed by atoms with E-state index in [1.807, 2.05) is 0 Å². The number of likely N-dealkylation sites (tertiary alicyclic amines) is 1. The van der Waals surface area contributed by atoms with Crippen molar-refractivity contribution in [2.75, 3.05) is 26.3 Å². The van der Waals surface area contributed by atoms with Crippen LogP contribution in [0.2, 0.25) is 0 Å². The van der Waals surface area contributed by atoms with Crippen molar-refractivity contribution < 1.29 is 14.3 Å². The van der Waals surface area contributed by atoms with Crippen LogP contribution in [-0.2, 0) is 16.5 Å². The van der Waals surface area contributed by atoms with Gasteiger partial charge in [-0.25, -0.2) is 0 Å². The Kier molecular flexibility index (Phi) is 2.83. The molecule has 0 saturated carbocycles. The van der Waals surface area contributed by atoms with E-state index >= 15 is 0 Å². The molecule has 0 aliphatic carbocycles. The minimum Gasteiger partial charge on any atom is -0.346 e. The molecule has 0 N–H and O–H groups in total. The fraction of sp³-hybridized carbons (Fsp3) is 0.667. The first-order chi connectivity index (χ1) is 8.69. The van der Waals surface area contributed by atoms with Crippen LogP contribution in [0.25, 0.3) is 0 Å². The van der Waals surface area contributed by atoms with Gasteiger partial charge in [0, 0.05) is 26.2 Å². The van der Waals surface area contributed by atoms with E-state index in [1.54, 1.807) is 28.9 Å². The molecule has 6 heteroatoms. The van der Waals surface area contributed by atoms with Gasteiger partial charge in [0.2, 0.25) is 0 Å². The summed E-state index contributed by atoms with van der Waals surface area (Å²) in [5.74, 6) is -0.614. The average Bonchev–Trinajstić information content (AvgIpc) is 2.98. The molecular formula is C12H17N3O3. The molecule has 0 unspecified atom stereocenters. The van der Waals surface area contributed by atoms with E-state index in [1.165, 1.54) is 0 Å². The number of nitrogens with zero attached hydrogens (tertiary/aromatic N) is 3. The molecule has 2 fully saturated rings. The van der Waals surface area contributed by atoms with Crippen molar-refractivity contribution in [3.8, 4) is 0 Å². The van der Waals surface area contributed by atoms with Crippen molar-refractivity contribution in [1.29, 1.82) is 0 Å². The zero-order valence-electron chi connectivity index (χ0n) is 10.5. The number of carbonyl (C=O) groups excluding carboxylic acids is 1. The predicted molar refractivity (Wildman–Crippen MR) is 63.0 cm³/mol. The average molecular weight is 251 g/mol. The maximum atomic E-state index is 12.3. The van der Waals surface area contributed by atoms with Crippen molar-refractivity contribution in [3.05, 3.63) is 18.0 Å².